The van der Waals surface area contributed by atoms with Gasteiger partial charge >= 0.3 is 0 Å². The predicted molar refractivity (Wildman–Crippen MR) is 83.0 cm³/mol. The molecule has 5 nitrogen and oxygen atoms in total. The minimum atomic E-state index is -0.486. The number of anilines is 1. The van der Waals surface area contributed by atoms with E-state index in [1.54, 1.807) is 12.1 Å². The molecule has 0 spiro atoms. The maximum Gasteiger partial charge on any atom is 0.280 e. The first-order valence-electron chi connectivity index (χ1n) is 7.60. The Morgan fingerprint density at radius 1 is 1.43 bits per heavy atom. The van der Waals surface area contributed by atoms with E-state index in [1.807, 2.05) is 0 Å². The van der Waals surface area contributed by atoms with Crippen molar-refractivity contribution in [3.63, 3.8) is 0 Å². The number of rotatable bonds is 5. The summed E-state index contributed by atoms with van der Waals surface area (Å²) in [5.41, 5.74) is 1.04. The SMILES string of the molecule is CCCC1CCCCN1c1ccc([N+](=O)[O-])c(C(C)=O)c1. The molecule has 0 radical (unpaired) electrons. The van der Waals surface area contributed by atoms with Crippen LogP contribution in [0.15, 0.2) is 18.2 Å². The Labute approximate surface area is 125 Å². The van der Waals surface area contributed by atoms with E-state index in [0.717, 1.165) is 37.9 Å². The number of hydrogen-bond donors (Lipinski definition) is 0. The van der Waals surface area contributed by atoms with Crippen molar-refractivity contribution in [2.45, 2.75) is 52.0 Å². The molecular weight excluding hydrogens is 268 g/mol. The van der Waals surface area contributed by atoms with Gasteiger partial charge in [0.1, 0.15) is 0 Å². The molecule has 0 N–H and O–H groups in total. The van der Waals surface area contributed by atoms with Crippen molar-refractivity contribution in [3.05, 3.63) is 33.9 Å². The van der Waals surface area contributed by atoms with Gasteiger partial charge < -0.3 is 4.90 Å². The topological polar surface area (TPSA) is 63.4 Å². The number of piperidine rings is 1. The number of benzene rings is 1. The molecule has 1 aromatic carbocycles. The average molecular weight is 290 g/mol. The van der Waals surface area contributed by atoms with Gasteiger partial charge in [-0.3, -0.25) is 14.9 Å². The lowest BCUT2D eigenvalue weighted by molar-refractivity contribution is -0.385. The van der Waals surface area contributed by atoms with E-state index in [2.05, 4.69) is 11.8 Å². The molecular formula is C16H22N2O3. The highest BCUT2D eigenvalue weighted by Crippen LogP contribution is 2.31. The van der Waals surface area contributed by atoms with Gasteiger partial charge in [0, 0.05) is 24.3 Å². The van der Waals surface area contributed by atoms with Crippen molar-refractivity contribution in [1.29, 1.82) is 0 Å². The molecule has 1 heterocycles. The molecule has 1 aliphatic rings. The molecule has 114 valence electrons. The molecule has 0 aromatic heterocycles. The summed E-state index contributed by atoms with van der Waals surface area (Å²) in [5.74, 6) is -0.257. The van der Waals surface area contributed by atoms with Crippen LogP contribution in [0.25, 0.3) is 0 Å². The zero-order valence-electron chi connectivity index (χ0n) is 12.7. The fraction of sp³-hybridized carbons (Fsp3) is 0.562. The number of Topliss-reactive ketones (excluding diaryl/α,β-unsaturated/α-hetero) is 1. The van der Waals surface area contributed by atoms with Crippen molar-refractivity contribution in [1.82, 2.24) is 0 Å². The Balaban J connectivity index is 2.36. The summed E-state index contributed by atoms with van der Waals surface area (Å²) < 4.78 is 0. The Morgan fingerprint density at radius 2 is 2.19 bits per heavy atom. The van der Waals surface area contributed by atoms with Crippen molar-refractivity contribution in [3.8, 4) is 0 Å². The lowest BCUT2D eigenvalue weighted by Gasteiger charge is -2.37. The minimum absolute atomic E-state index is 0.102. The lowest BCUT2D eigenvalue weighted by Crippen LogP contribution is -2.39. The van der Waals surface area contributed by atoms with Gasteiger partial charge in [0.2, 0.25) is 0 Å². The van der Waals surface area contributed by atoms with Crippen LogP contribution in [0.5, 0.6) is 0 Å². The van der Waals surface area contributed by atoms with Crippen LogP contribution in [-0.4, -0.2) is 23.3 Å². The monoisotopic (exact) mass is 290 g/mol. The minimum Gasteiger partial charge on any atom is -0.369 e. The van der Waals surface area contributed by atoms with Gasteiger partial charge in [-0.15, -0.1) is 0 Å². The summed E-state index contributed by atoms with van der Waals surface area (Å²) in [6.07, 6.45) is 5.75. The van der Waals surface area contributed by atoms with E-state index in [0.29, 0.717) is 6.04 Å². The van der Waals surface area contributed by atoms with E-state index >= 15 is 0 Å². The van der Waals surface area contributed by atoms with Crippen LogP contribution in [0.4, 0.5) is 11.4 Å². The maximum absolute atomic E-state index is 11.7. The number of nitrogens with zero attached hydrogens (tertiary/aromatic N) is 2. The number of ketones is 1. The van der Waals surface area contributed by atoms with Crippen molar-refractivity contribution in [2.75, 3.05) is 11.4 Å². The smallest absolute Gasteiger partial charge is 0.280 e. The van der Waals surface area contributed by atoms with Crippen molar-refractivity contribution < 1.29 is 9.72 Å². The molecule has 1 saturated heterocycles. The normalized spacial score (nSPS) is 18.6. The van der Waals surface area contributed by atoms with Crippen LogP contribution in [-0.2, 0) is 0 Å². The molecule has 0 saturated carbocycles. The molecule has 5 heteroatoms. The summed E-state index contributed by atoms with van der Waals surface area (Å²) >= 11 is 0. The molecule has 1 fully saturated rings. The quantitative estimate of drug-likeness (QED) is 0.468. The van der Waals surface area contributed by atoms with Gasteiger partial charge in [0.25, 0.3) is 5.69 Å². The molecule has 21 heavy (non-hydrogen) atoms. The second kappa shape index (κ2) is 6.70. The standard InChI is InChI=1S/C16H22N2O3/c1-3-6-13-7-4-5-10-17(13)14-8-9-16(18(20)21)15(11-14)12(2)19/h8-9,11,13H,3-7,10H2,1-2H3. The highest BCUT2D eigenvalue weighted by atomic mass is 16.6. The van der Waals surface area contributed by atoms with Crippen LogP contribution in [0.3, 0.4) is 0 Å². The molecule has 0 aliphatic carbocycles. The van der Waals surface area contributed by atoms with Gasteiger partial charge in [-0.2, -0.15) is 0 Å². The lowest BCUT2D eigenvalue weighted by atomic mass is 9.96. The zero-order valence-corrected chi connectivity index (χ0v) is 12.7. The van der Waals surface area contributed by atoms with Gasteiger partial charge in [-0.25, -0.2) is 0 Å². The van der Waals surface area contributed by atoms with Gasteiger partial charge in [-0.05, 0) is 44.7 Å². The highest BCUT2D eigenvalue weighted by Gasteiger charge is 2.25. The van der Waals surface area contributed by atoms with Crippen LogP contribution in [0, 0.1) is 10.1 Å². The van der Waals surface area contributed by atoms with E-state index in [9.17, 15) is 14.9 Å². The van der Waals surface area contributed by atoms with Crippen molar-refractivity contribution in [2.24, 2.45) is 0 Å². The summed E-state index contributed by atoms with van der Waals surface area (Å²) in [6, 6.07) is 5.40. The maximum atomic E-state index is 11.7. The molecule has 1 unspecified atom stereocenters. The van der Waals surface area contributed by atoms with E-state index in [1.165, 1.54) is 19.4 Å². The molecule has 1 aliphatic heterocycles. The van der Waals surface area contributed by atoms with Gasteiger partial charge in [0.05, 0.1) is 10.5 Å². The summed E-state index contributed by atoms with van der Waals surface area (Å²) in [4.78, 5) is 24.5. The van der Waals surface area contributed by atoms with Crippen LogP contribution in [0.2, 0.25) is 0 Å². The fourth-order valence-corrected chi connectivity index (χ4v) is 3.12. The Bertz CT molecular complexity index is 540. The van der Waals surface area contributed by atoms with Crippen molar-refractivity contribution >= 4 is 17.2 Å². The average Bonchev–Trinajstić information content (AvgIpc) is 2.47. The molecule has 0 bridgehead atoms. The summed E-state index contributed by atoms with van der Waals surface area (Å²) in [5, 5.41) is 11.0. The zero-order chi connectivity index (χ0) is 15.4. The molecule has 2 rings (SSSR count). The van der Waals surface area contributed by atoms with E-state index in [-0.39, 0.29) is 17.0 Å². The first-order valence-corrected chi connectivity index (χ1v) is 7.60. The van der Waals surface area contributed by atoms with Gasteiger partial charge in [-0.1, -0.05) is 13.3 Å². The Kier molecular flexibility index (Phi) is 4.94. The molecule has 1 atom stereocenters. The van der Waals surface area contributed by atoms with Crippen LogP contribution >= 0.6 is 0 Å². The third kappa shape index (κ3) is 3.40. The summed E-state index contributed by atoms with van der Waals surface area (Å²) in [6.45, 7) is 4.51. The number of nitro benzene ring substituents is 1. The van der Waals surface area contributed by atoms with E-state index < -0.39 is 4.92 Å². The second-order valence-corrected chi connectivity index (χ2v) is 5.65. The summed E-state index contributed by atoms with van der Waals surface area (Å²) in [7, 11) is 0. The van der Waals surface area contributed by atoms with Crippen LogP contribution in [0.1, 0.15) is 56.3 Å². The fourth-order valence-electron chi connectivity index (χ4n) is 3.12. The third-order valence-electron chi connectivity index (χ3n) is 4.14. The molecule has 1 aromatic rings. The Morgan fingerprint density at radius 3 is 2.81 bits per heavy atom. The predicted octanol–water partition coefficient (Wildman–Crippen LogP) is 3.96. The Hall–Kier alpha value is -1.91. The first-order chi connectivity index (χ1) is 10.0. The highest BCUT2D eigenvalue weighted by molar-refractivity contribution is 5.99. The second-order valence-electron chi connectivity index (χ2n) is 5.65. The molecule has 0 amide bonds. The number of hydrogen-bond acceptors (Lipinski definition) is 4. The largest absolute Gasteiger partial charge is 0.369 e. The number of carbonyl (C=O) groups excluding carboxylic acids is 1. The van der Waals surface area contributed by atoms with Gasteiger partial charge in [0.15, 0.2) is 5.78 Å². The third-order valence-corrected chi connectivity index (χ3v) is 4.14. The van der Waals surface area contributed by atoms with Crippen LogP contribution < -0.4 is 4.90 Å². The van der Waals surface area contributed by atoms with E-state index in [4.69, 9.17) is 0 Å². The number of nitro groups is 1. The number of carbonyl (C=O) groups is 1. The first kappa shape index (κ1) is 15.5.